The first-order valence-corrected chi connectivity index (χ1v) is 17.9. The van der Waals surface area contributed by atoms with Crippen molar-refractivity contribution in [3.63, 3.8) is 0 Å². The summed E-state index contributed by atoms with van der Waals surface area (Å²) in [6.45, 7) is 5.83. The molecule has 4 unspecified atom stereocenters. The number of hydroxylamine groups is 1. The van der Waals surface area contributed by atoms with Gasteiger partial charge in [-0.3, -0.25) is 9.59 Å². The second-order valence-electron chi connectivity index (χ2n) is 12.3. The number of carbonyl (C=O) groups is 3. The maximum Gasteiger partial charge on any atom is 0.331 e. The summed E-state index contributed by atoms with van der Waals surface area (Å²) in [7, 11) is 0. The summed E-state index contributed by atoms with van der Waals surface area (Å²) in [4.78, 5) is 42.2. The lowest BCUT2D eigenvalue weighted by Crippen LogP contribution is -2.61. The Hall–Kier alpha value is -2.07. The molecule has 51 heavy (non-hydrogen) atoms. The van der Waals surface area contributed by atoms with E-state index < -0.39 is 79.5 Å². The first kappa shape index (κ1) is 47.0. The quantitative estimate of drug-likeness (QED) is 0.0244. The smallest absolute Gasteiger partial charge is 0.331 e. The molecule has 0 radical (unpaired) electrons. The molecule has 0 bridgehead atoms. The molecule has 0 aromatic carbocycles. The molecule has 0 aromatic heterocycles. The summed E-state index contributed by atoms with van der Waals surface area (Å²) >= 11 is 0. The molecule has 9 atom stereocenters. The maximum atomic E-state index is 13.2. The molecule has 18 heteroatoms. The Morgan fingerprint density at radius 1 is 0.765 bits per heavy atom. The third kappa shape index (κ3) is 20.1. The summed E-state index contributed by atoms with van der Waals surface area (Å²) in [5.41, 5.74) is 2.26. The summed E-state index contributed by atoms with van der Waals surface area (Å²) < 4.78 is 32.9. The molecule has 1 aliphatic heterocycles. The van der Waals surface area contributed by atoms with Crippen molar-refractivity contribution in [2.24, 2.45) is 0 Å². The standard InChI is InChI=1S/C33H62N2O16/c1-4-5-6-7-8-9-10-13-45-15-16-46-17-18-47-19-20-48-32(44)26(22(2)50-33-30(42)29(41)28(40)23(3)51-33)34-31(43)27(24(37)21-36)35-49-14-11-12-25(38)39/h22-24,26-30,33,35-37,40-42H,4-21H2,1-3H3,(H,34,43)(H,38,39)/t22?,23-,24?,26?,27?,28+,29+,30-,33+/m0/s1. The van der Waals surface area contributed by atoms with E-state index in [0.717, 1.165) is 12.8 Å². The molecule has 1 saturated heterocycles. The lowest BCUT2D eigenvalue weighted by atomic mass is 10.00. The van der Waals surface area contributed by atoms with Gasteiger partial charge in [-0.05, 0) is 26.7 Å². The predicted molar refractivity (Wildman–Crippen MR) is 179 cm³/mol. The highest BCUT2D eigenvalue weighted by Crippen LogP contribution is 2.23. The van der Waals surface area contributed by atoms with Crippen molar-refractivity contribution < 1.29 is 78.3 Å². The average Bonchev–Trinajstić information content (AvgIpc) is 3.10. The topological polar surface area (TPSA) is 261 Å². The van der Waals surface area contributed by atoms with Crippen LogP contribution in [0.1, 0.15) is 78.6 Å². The van der Waals surface area contributed by atoms with Gasteiger partial charge >= 0.3 is 11.9 Å². The van der Waals surface area contributed by atoms with E-state index in [1.54, 1.807) is 0 Å². The van der Waals surface area contributed by atoms with Crippen molar-refractivity contribution in [2.75, 3.05) is 59.5 Å². The van der Waals surface area contributed by atoms with Crippen molar-refractivity contribution in [3.8, 4) is 0 Å². The number of esters is 1. The molecule has 1 rings (SSSR count). The highest BCUT2D eigenvalue weighted by Gasteiger charge is 2.44. The Bertz CT molecular complexity index is 933. The minimum atomic E-state index is -1.71. The number of aliphatic hydroxyl groups is 5. The molecule has 1 aliphatic rings. The number of aliphatic hydroxyl groups excluding tert-OH is 5. The van der Waals surface area contributed by atoms with Gasteiger partial charge in [0.1, 0.15) is 37.1 Å². The molecule has 8 N–H and O–H groups in total. The minimum Gasteiger partial charge on any atom is -0.481 e. The van der Waals surface area contributed by atoms with E-state index in [1.807, 2.05) is 0 Å². The van der Waals surface area contributed by atoms with E-state index in [4.69, 9.17) is 38.4 Å². The number of rotatable bonds is 31. The zero-order chi connectivity index (χ0) is 38.0. The number of carboxylic acids is 1. The Kier molecular flexibility index (Phi) is 26.2. The number of carboxylic acid groups (broad SMARTS) is 1. The van der Waals surface area contributed by atoms with Crippen molar-refractivity contribution in [1.82, 2.24) is 10.8 Å². The van der Waals surface area contributed by atoms with E-state index in [0.29, 0.717) is 26.4 Å². The number of ether oxygens (including phenoxy) is 6. The van der Waals surface area contributed by atoms with Crippen LogP contribution in [0, 0.1) is 0 Å². The van der Waals surface area contributed by atoms with Crippen LogP contribution in [0.2, 0.25) is 0 Å². The van der Waals surface area contributed by atoms with Gasteiger partial charge in [0.2, 0.25) is 5.91 Å². The van der Waals surface area contributed by atoms with Gasteiger partial charge in [-0.15, -0.1) is 0 Å². The lowest BCUT2D eigenvalue weighted by Gasteiger charge is -2.40. The van der Waals surface area contributed by atoms with Crippen LogP contribution in [-0.2, 0) is 47.6 Å². The number of carbonyl (C=O) groups excluding carboxylic acids is 2. The highest BCUT2D eigenvalue weighted by atomic mass is 16.7. The van der Waals surface area contributed by atoms with Crippen molar-refractivity contribution in [3.05, 3.63) is 0 Å². The molecule has 1 amide bonds. The van der Waals surface area contributed by atoms with Crippen LogP contribution in [0.5, 0.6) is 0 Å². The van der Waals surface area contributed by atoms with Gasteiger partial charge in [-0.1, -0.05) is 45.4 Å². The molecule has 0 saturated carbocycles. The monoisotopic (exact) mass is 742 g/mol. The van der Waals surface area contributed by atoms with Gasteiger partial charge in [0, 0.05) is 13.0 Å². The third-order valence-electron chi connectivity index (χ3n) is 7.99. The Morgan fingerprint density at radius 2 is 1.35 bits per heavy atom. The fourth-order valence-electron chi connectivity index (χ4n) is 4.88. The molecular formula is C33H62N2O16. The molecule has 18 nitrogen and oxygen atoms in total. The first-order valence-electron chi connectivity index (χ1n) is 17.9. The van der Waals surface area contributed by atoms with Crippen LogP contribution in [0.3, 0.4) is 0 Å². The van der Waals surface area contributed by atoms with Crippen LogP contribution in [0.4, 0.5) is 0 Å². The summed E-state index contributed by atoms with van der Waals surface area (Å²) in [5, 5.41) is 61.4. The molecular weight excluding hydrogens is 680 g/mol. The van der Waals surface area contributed by atoms with Crippen molar-refractivity contribution in [2.45, 2.75) is 134 Å². The SMILES string of the molecule is CCCCCCCCCOCCOCCOCCOC(=O)C(NC(=O)C(NOCCCC(=O)O)C(O)CO)C(C)O[C@@H]1O[C@@H](C)[C@@H](O)[C@@H](O)[C@@H]1O. The van der Waals surface area contributed by atoms with Crippen LogP contribution < -0.4 is 10.8 Å². The minimum absolute atomic E-state index is 0.0105. The second-order valence-corrected chi connectivity index (χ2v) is 12.3. The largest absolute Gasteiger partial charge is 0.481 e. The lowest BCUT2D eigenvalue weighted by molar-refractivity contribution is -0.304. The first-order chi connectivity index (χ1) is 24.4. The van der Waals surface area contributed by atoms with Crippen molar-refractivity contribution >= 4 is 17.8 Å². The number of aliphatic carboxylic acids is 1. The highest BCUT2D eigenvalue weighted by molar-refractivity contribution is 5.88. The van der Waals surface area contributed by atoms with Crippen molar-refractivity contribution in [1.29, 1.82) is 0 Å². The zero-order valence-electron chi connectivity index (χ0n) is 30.2. The van der Waals surface area contributed by atoms with Gasteiger partial charge in [0.25, 0.3) is 0 Å². The third-order valence-corrected chi connectivity index (χ3v) is 7.99. The Labute approximate surface area is 300 Å². The molecule has 1 heterocycles. The summed E-state index contributed by atoms with van der Waals surface area (Å²) in [6.07, 6.45) is -1.81. The van der Waals surface area contributed by atoms with Gasteiger partial charge < -0.3 is 69.2 Å². The predicted octanol–water partition coefficient (Wildman–Crippen LogP) is -0.845. The normalized spacial score (nSPS) is 22.9. The molecule has 0 aromatic rings. The summed E-state index contributed by atoms with van der Waals surface area (Å²) in [5.74, 6) is -3.08. The Morgan fingerprint density at radius 3 is 1.96 bits per heavy atom. The van der Waals surface area contributed by atoms with Crippen LogP contribution >= 0.6 is 0 Å². The molecule has 1 fully saturated rings. The molecule has 300 valence electrons. The van der Waals surface area contributed by atoms with Gasteiger partial charge in [-0.2, -0.15) is 5.48 Å². The van der Waals surface area contributed by atoms with Crippen LogP contribution in [0.25, 0.3) is 0 Å². The van der Waals surface area contributed by atoms with Gasteiger partial charge in [-0.25, -0.2) is 4.79 Å². The maximum absolute atomic E-state index is 13.2. The van der Waals surface area contributed by atoms with Gasteiger partial charge in [0.15, 0.2) is 12.3 Å². The fourth-order valence-corrected chi connectivity index (χ4v) is 4.88. The average molecular weight is 743 g/mol. The van der Waals surface area contributed by atoms with Gasteiger partial charge in [0.05, 0.1) is 58.5 Å². The van der Waals surface area contributed by atoms with E-state index in [9.17, 15) is 39.9 Å². The number of unbranched alkanes of at least 4 members (excludes halogenated alkanes) is 6. The zero-order valence-corrected chi connectivity index (χ0v) is 30.2. The van der Waals surface area contributed by atoms with E-state index >= 15 is 0 Å². The summed E-state index contributed by atoms with van der Waals surface area (Å²) in [6, 6.07) is -3.20. The fraction of sp³-hybridized carbons (Fsp3) is 0.909. The number of hydrogen-bond donors (Lipinski definition) is 8. The molecule has 0 spiro atoms. The van der Waals surface area contributed by atoms with E-state index in [-0.39, 0.29) is 39.3 Å². The van der Waals surface area contributed by atoms with Crippen LogP contribution in [0.15, 0.2) is 0 Å². The Balaban J connectivity index is 2.61. The van der Waals surface area contributed by atoms with E-state index in [2.05, 4.69) is 17.7 Å². The number of nitrogens with one attached hydrogen (secondary N) is 2. The van der Waals surface area contributed by atoms with Crippen LogP contribution in [-0.4, -0.2) is 163 Å². The second kappa shape index (κ2) is 28.4. The number of amides is 1. The molecule has 0 aliphatic carbocycles. The number of hydrogen-bond acceptors (Lipinski definition) is 16. The van der Waals surface area contributed by atoms with E-state index in [1.165, 1.54) is 46.0 Å².